The highest BCUT2D eigenvalue weighted by Crippen LogP contribution is 2.31. The number of piperazine rings is 1. The number of carbonyl (C=O) groups is 1. The number of hydrogen-bond acceptors (Lipinski definition) is 8. The number of aromatic nitrogens is 3. The fraction of sp³-hybridized carbons (Fsp3) is 0.400. The van der Waals surface area contributed by atoms with Gasteiger partial charge in [0.2, 0.25) is 16.0 Å². The van der Waals surface area contributed by atoms with Crippen LogP contribution in [0.15, 0.2) is 59.8 Å². The minimum absolute atomic E-state index is 0.0357. The van der Waals surface area contributed by atoms with Gasteiger partial charge in [-0.2, -0.15) is 14.4 Å². The van der Waals surface area contributed by atoms with Crippen molar-refractivity contribution in [1.82, 2.24) is 29.7 Å². The van der Waals surface area contributed by atoms with Crippen LogP contribution >= 0.6 is 0 Å². The number of hydrogen-bond donors (Lipinski definition) is 4. The van der Waals surface area contributed by atoms with Crippen molar-refractivity contribution in [1.29, 1.82) is 0 Å². The van der Waals surface area contributed by atoms with Crippen molar-refractivity contribution in [2.45, 2.75) is 49.3 Å². The van der Waals surface area contributed by atoms with Crippen molar-refractivity contribution in [3.8, 4) is 5.75 Å². The number of H-pyrrole nitrogens is 1. The first kappa shape index (κ1) is 32.1. The van der Waals surface area contributed by atoms with E-state index in [0.717, 1.165) is 34.9 Å². The monoisotopic (exact) mass is 633 g/mol. The van der Waals surface area contributed by atoms with E-state index in [2.05, 4.69) is 30.6 Å². The molecule has 43 heavy (non-hydrogen) atoms. The van der Waals surface area contributed by atoms with E-state index >= 15 is 0 Å². The van der Waals surface area contributed by atoms with Crippen LogP contribution in [-0.2, 0) is 22.5 Å². The Hall–Kier alpha value is -3.87. The second-order valence-corrected chi connectivity index (χ2v) is 11.4. The predicted octanol–water partition coefficient (Wildman–Crippen LogP) is 3.22. The fourth-order valence-electron chi connectivity index (χ4n) is 4.36. The average molecular weight is 634 g/mol. The maximum Gasteiger partial charge on any atom is 0.573 e. The molecule has 1 fully saturated rings. The van der Waals surface area contributed by atoms with Crippen LogP contribution in [0.4, 0.5) is 32.7 Å². The second-order valence-electron chi connectivity index (χ2n) is 9.49. The zero-order valence-corrected chi connectivity index (χ0v) is 23.4. The average Bonchev–Trinajstić information content (AvgIpc) is 3.48. The van der Waals surface area contributed by atoms with Gasteiger partial charge in [-0.1, -0.05) is 31.2 Å². The molecule has 0 saturated carbocycles. The molecule has 0 aliphatic carbocycles. The number of amides is 2. The van der Waals surface area contributed by atoms with E-state index in [1.807, 2.05) is 0 Å². The maximum atomic E-state index is 14.0. The molecule has 0 radical (unpaired) electrons. The van der Waals surface area contributed by atoms with Gasteiger partial charge >= 0.3 is 12.4 Å². The smallest absolute Gasteiger partial charge is 0.406 e. The normalized spacial score (nSPS) is 17.5. The van der Waals surface area contributed by atoms with Gasteiger partial charge in [-0.25, -0.2) is 27.1 Å². The van der Waals surface area contributed by atoms with E-state index < -0.39 is 46.4 Å². The summed E-state index contributed by atoms with van der Waals surface area (Å²) in [5, 5.41) is 22.4. The largest absolute Gasteiger partial charge is 0.573 e. The highest BCUT2D eigenvalue weighted by atomic mass is 32.2. The van der Waals surface area contributed by atoms with Crippen molar-refractivity contribution in [2.75, 3.05) is 25.0 Å². The van der Waals surface area contributed by atoms with E-state index in [4.69, 9.17) is 0 Å². The van der Waals surface area contributed by atoms with Crippen molar-refractivity contribution in [2.24, 2.45) is 0 Å². The zero-order chi connectivity index (χ0) is 31.4. The van der Waals surface area contributed by atoms with Crippen molar-refractivity contribution < 1.29 is 45.0 Å². The topological polar surface area (TPSA) is 153 Å². The summed E-state index contributed by atoms with van der Waals surface area (Å²) < 4.78 is 97.5. The van der Waals surface area contributed by atoms with Crippen LogP contribution in [0.2, 0.25) is 0 Å². The minimum atomic E-state index is -4.97. The van der Waals surface area contributed by atoms with Crippen LogP contribution in [-0.4, -0.2) is 82.2 Å². The third-order valence-corrected chi connectivity index (χ3v) is 8.60. The molecule has 1 aliphatic rings. The molecule has 234 valence electrons. The van der Waals surface area contributed by atoms with Crippen LogP contribution in [0.5, 0.6) is 5.75 Å². The van der Waals surface area contributed by atoms with Crippen molar-refractivity contribution >= 4 is 22.0 Å². The van der Waals surface area contributed by atoms with Gasteiger partial charge < -0.3 is 14.7 Å². The summed E-state index contributed by atoms with van der Waals surface area (Å²) in [6.45, 7) is 0.624. The molecule has 4 rings (SSSR count). The Kier molecular flexibility index (Phi) is 9.53. The Balaban J connectivity index is 1.53. The number of benzene rings is 2. The molecule has 12 nitrogen and oxygen atoms in total. The van der Waals surface area contributed by atoms with Crippen LogP contribution < -0.4 is 15.4 Å². The number of nitrogens with zero attached hydrogens (tertiary/aromatic N) is 4. The van der Waals surface area contributed by atoms with Gasteiger partial charge in [0.1, 0.15) is 18.3 Å². The molecule has 2 atom stereocenters. The Morgan fingerprint density at radius 1 is 1.12 bits per heavy atom. The van der Waals surface area contributed by atoms with Crippen LogP contribution in [0.25, 0.3) is 0 Å². The Bertz CT molecular complexity index is 1470. The number of aromatic amines is 1. The summed E-state index contributed by atoms with van der Waals surface area (Å²) in [6.07, 6.45) is -5.76. The lowest BCUT2D eigenvalue weighted by molar-refractivity contribution is -0.274. The number of sulfonamides is 1. The summed E-state index contributed by atoms with van der Waals surface area (Å²) in [5.41, 5.74) is 0.337. The summed E-state index contributed by atoms with van der Waals surface area (Å²) >= 11 is 0. The highest BCUT2D eigenvalue weighted by Gasteiger charge is 2.41. The second kappa shape index (κ2) is 12.8. The number of halogens is 5. The number of anilines is 1. The molecule has 1 aliphatic heterocycles. The highest BCUT2D eigenvalue weighted by molar-refractivity contribution is 7.89. The van der Waals surface area contributed by atoms with Crippen LogP contribution in [0, 0.1) is 0 Å². The lowest BCUT2D eigenvalue weighted by Gasteiger charge is -2.42. The summed E-state index contributed by atoms with van der Waals surface area (Å²) in [7, 11) is -4.40. The Morgan fingerprint density at radius 3 is 2.37 bits per heavy atom. The zero-order valence-electron chi connectivity index (χ0n) is 22.6. The van der Waals surface area contributed by atoms with Crippen molar-refractivity contribution in [3.05, 3.63) is 66.0 Å². The minimum Gasteiger partial charge on any atom is -0.406 e. The fourth-order valence-corrected chi connectivity index (χ4v) is 5.97. The molecule has 1 saturated heterocycles. The maximum absolute atomic E-state index is 14.0. The van der Waals surface area contributed by atoms with Gasteiger partial charge in [-0.3, -0.25) is 10.6 Å². The molecule has 2 aromatic carbocycles. The number of rotatable bonds is 10. The quantitative estimate of drug-likeness (QED) is 0.196. The number of aliphatic hydroxyl groups excluding tert-OH is 1. The molecule has 2 amide bonds. The SMILES string of the molecule is CCC(F)(F)c1ccc(CNC(O)[C@H]2CN(C(=O)Nc3ncn[nH]3)CCN2S(=O)(=O)c2ccc(OC(F)(F)F)cc2)cc1. The molecule has 0 bridgehead atoms. The van der Waals surface area contributed by atoms with Crippen LogP contribution in [0.1, 0.15) is 24.5 Å². The van der Waals surface area contributed by atoms with E-state index in [0.29, 0.717) is 5.56 Å². The van der Waals surface area contributed by atoms with Crippen molar-refractivity contribution in [3.63, 3.8) is 0 Å². The first-order valence-electron chi connectivity index (χ1n) is 12.9. The van der Waals surface area contributed by atoms with E-state index in [9.17, 15) is 40.3 Å². The number of ether oxygens (including phenoxy) is 1. The number of alkyl halides is 5. The van der Waals surface area contributed by atoms with E-state index in [1.54, 1.807) is 0 Å². The number of urea groups is 1. The predicted molar refractivity (Wildman–Crippen MR) is 141 cm³/mol. The first-order valence-corrected chi connectivity index (χ1v) is 14.3. The van der Waals surface area contributed by atoms with Gasteiger partial charge in [-0.15, -0.1) is 13.2 Å². The molecule has 18 heteroatoms. The van der Waals surface area contributed by atoms with Crippen LogP contribution in [0.3, 0.4) is 0 Å². The van der Waals surface area contributed by atoms with E-state index in [1.165, 1.54) is 36.1 Å². The Morgan fingerprint density at radius 2 is 1.79 bits per heavy atom. The van der Waals surface area contributed by atoms with Gasteiger partial charge in [0, 0.05) is 38.2 Å². The molecule has 1 unspecified atom stereocenters. The first-order chi connectivity index (χ1) is 20.2. The molecular formula is C25H28F5N7O5S. The third-order valence-electron chi connectivity index (χ3n) is 6.66. The molecule has 1 aromatic heterocycles. The summed E-state index contributed by atoms with van der Waals surface area (Å²) in [4.78, 5) is 17.5. The molecule has 4 N–H and O–H groups in total. The van der Waals surface area contributed by atoms with Gasteiger partial charge in [0.25, 0.3) is 5.92 Å². The number of nitrogens with one attached hydrogen (secondary N) is 3. The van der Waals surface area contributed by atoms with Gasteiger partial charge in [-0.05, 0) is 29.8 Å². The lowest BCUT2D eigenvalue weighted by Crippen LogP contribution is -2.63. The van der Waals surface area contributed by atoms with Gasteiger partial charge in [0.05, 0.1) is 10.9 Å². The number of carbonyl (C=O) groups excluding carboxylic acids is 1. The Labute approximate surface area is 242 Å². The lowest BCUT2D eigenvalue weighted by atomic mass is 10.0. The molecule has 3 aromatic rings. The van der Waals surface area contributed by atoms with E-state index in [-0.39, 0.29) is 49.0 Å². The number of aliphatic hydroxyl groups is 1. The molecular weight excluding hydrogens is 605 g/mol. The molecule has 2 heterocycles. The summed E-state index contributed by atoms with van der Waals surface area (Å²) in [6, 6.07) is 7.02. The van der Waals surface area contributed by atoms with Gasteiger partial charge in [0.15, 0.2) is 0 Å². The molecule has 0 spiro atoms. The summed E-state index contributed by atoms with van der Waals surface area (Å²) in [5.74, 6) is -3.59. The third kappa shape index (κ3) is 7.95. The standard InChI is InChI=1S/C25H28F5N7O5S/c1-2-24(26,27)17-5-3-16(4-6-17)13-31-21(38)20-14-36(23(39)34-22-32-15-33-35-22)11-12-37(20)43(40,41)19-9-7-18(8-10-19)42-25(28,29)30/h3-10,15,20-21,31,38H,2,11-14H2,1H3,(H2,32,33,34,35,39)/t20-,21?/m1/s1.